The lowest BCUT2D eigenvalue weighted by Gasteiger charge is -2.39. The Morgan fingerprint density at radius 2 is 1.93 bits per heavy atom. The van der Waals surface area contributed by atoms with E-state index < -0.39 is 14.6 Å². The standard InChI is InChI=1S/C20H34N4O2S/c1-6-21-19(24-14-15-27(25,26)20(2,3)16-24)22-13-7-8-17-9-11-18(12-10-17)23(4)5/h9-12H,6-8,13-16H2,1-5H3,(H,21,22). The number of sulfone groups is 1. The highest BCUT2D eigenvalue weighted by Gasteiger charge is 2.40. The Kier molecular flexibility index (Phi) is 7.14. The Balaban J connectivity index is 1.93. The lowest BCUT2D eigenvalue weighted by atomic mass is 10.1. The van der Waals surface area contributed by atoms with Crippen LogP contribution < -0.4 is 10.2 Å². The third-order valence-electron chi connectivity index (χ3n) is 5.02. The first-order chi connectivity index (χ1) is 12.7. The number of nitrogens with zero attached hydrogens (tertiary/aromatic N) is 3. The summed E-state index contributed by atoms with van der Waals surface area (Å²) < 4.78 is 23.7. The summed E-state index contributed by atoms with van der Waals surface area (Å²) in [5.74, 6) is 1.01. The second kappa shape index (κ2) is 8.95. The number of aryl methyl sites for hydroxylation is 1. The fourth-order valence-electron chi connectivity index (χ4n) is 3.18. The van der Waals surface area contributed by atoms with Crippen molar-refractivity contribution >= 4 is 21.5 Å². The molecule has 0 bridgehead atoms. The van der Waals surface area contributed by atoms with Crippen molar-refractivity contribution < 1.29 is 8.42 Å². The Labute approximate surface area is 164 Å². The molecule has 1 aliphatic rings. The molecule has 1 fully saturated rings. The van der Waals surface area contributed by atoms with Gasteiger partial charge in [0.15, 0.2) is 15.8 Å². The first-order valence-electron chi connectivity index (χ1n) is 9.68. The van der Waals surface area contributed by atoms with Gasteiger partial charge in [-0.3, -0.25) is 4.99 Å². The molecule has 2 rings (SSSR count). The predicted molar refractivity (Wildman–Crippen MR) is 115 cm³/mol. The van der Waals surface area contributed by atoms with Crippen molar-refractivity contribution in [1.29, 1.82) is 0 Å². The maximum absolute atomic E-state index is 12.2. The fraction of sp³-hybridized carbons (Fsp3) is 0.650. The first kappa shape index (κ1) is 21.5. The van der Waals surface area contributed by atoms with E-state index >= 15 is 0 Å². The molecule has 1 aliphatic heterocycles. The van der Waals surface area contributed by atoms with Gasteiger partial charge in [-0.1, -0.05) is 12.1 Å². The van der Waals surface area contributed by atoms with Gasteiger partial charge in [0, 0.05) is 46.0 Å². The van der Waals surface area contributed by atoms with Crippen LogP contribution in [0.1, 0.15) is 32.8 Å². The summed E-state index contributed by atoms with van der Waals surface area (Å²) in [5, 5.41) is 3.31. The van der Waals surface area contributed by atoms with Gasteiger partial charge in [-0.15, -0.1) is 0 Å². The molecule has 0 aromatic heterocycles. The summed E-state index contributed by atoms with van der Waals surface area (Å²) >= 11 is 0. The Morgan fingerprint density at radius 1 is 1.26 bits per heavy atom. The van der Waals surface area contributed by atoms with E-state index in [2.05, 4.69) is 39.4 Å². The van der Waals surface area contributed by atoms with Gasteiger partial charge in [-0.05, 0) is 51.3 Å². The van der Waals surface area contributed by atoms with E-state index in [0.29, 0.717) is 13.1 Å². The molecule has 0 atom stereocenters. The minimum atomic E-state index is -3.04. The molecule has 0 spiro atoms. The Hall–Kier alpha value is -1.76. The molecule has 1 heterocycles. The summed E-state index contributed by atoms with van der Waals surface area (Å²) in [6.07, 6.45) is 1.95. The smallest absolute Gasteiger partial charge is 0.193 e. The zero-order chi connectivity index (χ0) is 20.1. The van der Waals surface area contributed by atoms with Gasteiger partial charge in [0.05, 0.1) is 10.5 Å². The lowest BCUT2D eigenvalue weighted by Crippen LogP contribution is -2.57. The molecule has 0 radical (unpaired) electrons. The monoisotopic (exact) mass is 394 g/mol. The van der Waals surface area contributed by atoms with Gasteiger partial charge in [-0.25, -0.2) is 8.42 Å². The molecule has 7 heteroatoms. The first-order valence-corrected chi connectivity index (χ1v) is 11.3. The largest absolute Gasteiger partial charge is 0.378 e. The average molecular weight is 395 g/mol. The zero-order valence-corrected chi connectivity index (χ0v) is 18.1. The van der Waals surface area contributed by atoms with Gasteiger partial charge in [0.2, 0.25) is 0 Å². The van der Waals surface area contributed by atoms with Crippen LogP contribution in [0.4, 0.5) is 5.69 Å². The number of hydrogen-bond acceptors (Lipinski definition) is 4. The van der Waals surface area contributed by atoms with Crippen LogP contribution in [0.2, 0.25) is 0 Å². The zero-order valence-electron chi connectivity index (χ0n) is 17.3. The number of anilines is 1. The van der Waals surface area contributed by atoms with Crippen molar-refractivity contribution in [3.8, 4) is 0 Å². The highest BCUT2D eigenvalue weighted by molar-refractivity contribution is 7.92. The maximum Gasteiger partial charge on any atom is 0.193 e. The van der Waals surface area contributed by atoms with Crippen LogP contribution in [-0.4, -0.2) is 70.1 Å². The molecule has 1 N–H and O–H groups in total. The van der Waals surface area contributed by atoms with Gasteiger partial charge < -0.3 is 15.1 Å². The van der Waals surface area contributed by atoms with E-state index in [1.165, 1.54) is 11.3 Å². The molecular formula is C20H34N4O2S. The van der Waals surface area contributed by atoms with E-state index in [0.717, 1.165) is 31.9 Å². The topological polar surface area (TPSA) is 65.0 Å². The normalized spacial score (nSPS) is 19.0. The van der Waals surface area contributed by atoms with Crippen molar-refractivity contribution in [2.45, 2.75) is 38.4 Å². The Morgan fingerprint density at radius 3 is 2.48 bits per heavy atom. The summed E-state index contributed by atoms with van der Waals surface area (Å²) in [5.41, 5.74) is 2.51. The highest BCUT2D eigenvalue weighted by atomic mass is 32.2. The second-order valence-electron chi connectivity index (χ2n) is 7.90. The second-order valence-corrected chi connectivity index (χ2v) is 10.6. The SMILES string of the molecule is CCNC(=NCCCc1ccc(N(C)C)cc1)N1CCS(=O)(=O)C(C)(C)C1. The molecule has 152 valence electrons. The van der Waals surface area contributed by atoms with Crippen LogP contribution >= 0.6 is 0 Å². The van der Waals surface area contributed by atoms with Crippen molar-refractivity contribution in [3.05, 3.63) is 29.8 Å². The van der Waals surface area contributed by atoms with Crippen LogP contribution in [0.15, 0.2) is 29.3 Å². The van der Waals surface area contributed by atoms with E-state index in [4.69, 9.17) is 4.99 Å². The predicted octanol–water partition coefficient (Wildman–Crippen LogP) is 2.16. The molecule has 0 unspecified atom stereocenters. The summed E-state index contributed by atoms with van der Waals surface area (Å²) in [6.45, 7) is 8.12. The molecule has 6 nitrogen and oxygen atoms in total. The molecule has 1 aromatic carbocycles. The minimum absolute atomic E-state index is 0.183. The van der Waals surface area contributed by atoms with Crippen LogP contribution in [0, 0.1) is 0 Å². The number of rotatable bonds is 6. The van der Waals surface area contributed by atoms with Gasteiger partial charge in [0.1, 0.15) is 0 Å². The van der Waals surface area contributed by atoms with Crippen LogP contribution in [0.3, 0.4) is 0 Å². The van der Waals surface area contributed by atoms with Gasteiger partial charge in [0.25, 0.3) is 0 Å². The van der Waals surface area contributed by atoms with Gasteiger partial charge >= 0.3 is 0 Å². The molecule has 1 aromatic rings. The highest BCUT2D eigenvalue weighted by Crippen LogP contribution is 2.23. The average Bonchev–Trinajstić information content (AvgIpc) is 2.60. The molecule has 1 saturated heterocycles. The van der Waals surface area contributed by atoms with E-state index in [9.17, 15) is 8.42 Å². The van der Waals surface area contributed by atoms with E-state index in [1.807, 2.05) is 21.0 Å². The number of guanidine groups is 1. The fourth-order valence-corrected chi connectivity index (χ4v) is 4.55. The van der Waals surface area contributed by atoms with Crippen LogP contribution in [-0.2, 0) is 16.3 Å². The Bertz CT molecular complexity index is 740. The lowest BCUT2D eigenvalue weighted by molar-refractivity contribution is 0.353. The molecule has 0 amide bonds. The third kappa shape index (κ3) is 5.61. The summed E-state index contributed by atoms with van der Waals surface area (Å²) in [4.78, 5) is 8.91. The van der Waals surface area contributed by atoms with E-state index in [-0.39, 0.29) is 5.75 Å². The quantitative estimate of drug-likeness (QED) is 0.455. The van der Waals surface area contributed by atoms with E-state index in [1.54, 1.807) is 13.8 Å². The molecular weight excluding hydrogens is 360 g/mol. The molecule has 0 aliphatic carbocycles. The molecule has 0 saturated carbocycles. The molecule has 27 heavy (non-hydrogen) atoms. The van der Waals surface area contributed by atoms with Crippen molar-refractivity contribution in [3.63, 3.8) is 0 Å². The van der Waals surface area contributed by atoms with Gasteiger partial charge in [-0.2, -0.15) is 0 Å². The number of nitrogens with one attached hydrogen (secondary N) is 1. The maximum atomic E-state index is 12.2. The van der Waals surface area contributed by atoms with Crippen molar-refractivity contribution in [2.75, 3.05) is 50.9 Å². The number of aliphatic imine (C=N–C) groups is 1. The summed E-state index contributed by atoms with van der Waals surface area (Å²) in [7, 11) is 1.04. The minimum Gasteiger partial charge on any atom is -0.378 e. The summed E-state index contributed by atoms with van der Waals surface area (Å²) in [6, 6.07) is 8.61. The number of hydrogen-bond donors (Lipinski definition) is 1. The third-order valence-corrected chi connectivity index (χ3v) is 7.55. The van der Waals surface area contributed by atoms with Crippen LogP contribution in [0.5, 0.6) is 0 Å². The van der Waals surface area contributed by atoms with Crippen molar-refractivity contribution in [2.24, 2.45) is 4.99 Å². The number of benzene rings is 1. The van der Waals surface area contributed by atoms with Crippen LogP contribution in [0.25, 0.3) is 0 Å². The van der Waals surface area contributed by atoms with Crippen molar-refractivity contribution in [1.82, 2.24) is 10.2 Å².